The molecule has 0 aliphatic rings. The molecule has 1 heterocycles. The van der Waals surface area contributed by atoms with Crippen LogP contribution in [0.1, 0.15) is 86.5 Å². The number of nitrogens with two attached hydrogens (primary N) is 1. The number of aromatic hydroxyl groups is 2. The van der Waals surface area contributed by atoms with Gasteiger partial charge in [-0.2, -0.15) is 0 Å². The van der Waals surface area contributed by atoms with Crippen molar-refractivity contribution in [1.29, 1.82) is 0 Å². The average molecular weight is 445 g/mol. The molecule has 0 aliphatic heterocycles. The minimum absolute atomic E-state index is 0.132. The van der Waals surface area contributed by atoms with Crippen LogP contribution in [0.3, 0.4) is 0 Å². The molecule has 5 N–H and O–H groups in total. The smallest absolute Gasteiger partial charge is 0.343 e. The summed E-state index contributed by atoms with van der Waals surface area (Å²) in [5.74, 6) is -2.93. The molecule has 0 radical (unpaired) electrons. The number of hydrogen-bond donors (Lipinski definition) is 4. The summed E-state index contributed by atoms with van der Waals surface area (Å²) in [6, 6.07) is 3.42. The van der Waals surface area contributed by atoms with Crippen LogP contribution in [0.5, 0.6) is 11.5 Å². The second-order valence-corrected chi connectivity index (χ2v) is 9.97. The number of pyridine rings is 1. The fraction of sp³-hybridized carbons (Fsp3) is 0.458. The molecule has 0 saturated carbocycles. The highest BCUT2D eigenvalue weighted by Crippen LogP contribution is 2.43. The number of methoxy groups -OCH3 is 1. The number of H-pyrrole nitrogens is 1. The van der Waals surface area contributed by atoms with E-state index in [2.05, 4.69) is 9.72 Å². The molecule has 1 unspecified atom stereocenters. The maximum atomic E-state index is 12.8. The number of phenolic OH excluding ortho intramolecular Hbond substituents is 1. The Morgan fingerprint density at radius 2 is 1.53 bits per heavy atom. The lowest BCUT2D eigenvalue weighted by atomic mass is 9.75. The number of benzene rings is 1. The Morgan fingerprint density at radius 1 is 1.03 bits per heavy atom. The van der Waals surface area contributed by atoms with Crippen molar-refractivity contribution in [3.8, 4) is 11.5 Å². The van der Waals surface area contributed by atoms with Crippen molar-refractivity contribution in [2.75, 3.05) is 7.11 Å². The molecular weight excluding hydrogens is 412 g/mol. The van der Waals surface area contributed by atoms with Crippen LogP contribution in [0.4, 0.5) is 0 Å². The monoisotopic (exact) mass is 444 g/mol. The first kappa shape index (κ1) is 25.0. The van der Waals surface area contributed by atoms with Crippen molar-refractivity contribution >= 4 is 11.9 Å². The third-order valence-corrected chi connectivity index (χ3v) is 5.41. The average Bonchev–Trinajstić information content (AvgIpc) is 2.64. The summed E-state index contributed by atoms with van der Waals surface area (Å²) in [7, 11) is 1.15. The summed E-state index contributed by atoms with van der Waals surface area (Å²) in [5, 5.41) is 21.8. The number of amides is 1. The van der Waals surface area contributed by atoms with E-state index in [0.29, 0.717) is 16.7 Å². The maximum Gasteiger partial charge on any atom is 0.343 e. The molecule has 32 heavy (non-hydrogen) atoms. The van der Waals surface area contributed by atoms with E-state index >= 15 is 0 Å². The van der Waals surface area contributed by atoms with Gasteiger partial charge in [0.2, 0.25) is 5.91 Å². The van der Waals surface area contributed by atoms with E-state index in [1.54, 1.807) is 12.1 Å². The normalized spacial score (nSPS) is 13.0. The minimum Gasteiger partial charge on any atom is -0.507 e. The number of carbonyl (C=O) groups is 2. The van der Waals surface area contributed by atoms with Gasteiger partial charge < -0.3 is 25.7 Å². The number of phenols is 1. The maximum absolute atomic E-state index is 12.8. The predicted molar refractivity (Wildman–Crippen MR) is 121 cm³/mol. The molecule has 0 spiro atoms. The van der Waals surface area contributed by atoms with Crippen LogP contribution in [0, 0.1) is 0 Å². The second-order valence-electron chi connectivity index (χ2n) is 9.97. The van der Waals surface area contributed by atoms with E-state index in [1.807, 2.05) is 41.5 Å². The highest BCUT2D eigenvalue weighted by Gasteiger charge is 2.32. The number of nitrogens with one attached hydrogen (secondary N) is 1. The van der Waals surface area contributed by atoms with Gasteiger partial charge in [0.1, 0.15) is 17.1 Å². The molecule has 1 amide bonds. The summed E-state index contributed by atoms with van der Waals surface area (Å²) >= 11 is 0. The first-order valence-electron chi connectivity index (χ1n) is 10.3. The summed E-state index contributed by atoms with van der Waals surface area (Å²) in [5.41, 5.74) is 5.27. The molecule has 0 saturated heterocycles. The first-order valence-corrected chi connectivity index (χ1v) is 10.3. The Kier molecular flexibility index (Phi) is 6.78. The molecule has 1 atom stereocenters. The number of aromatic nitrogens is 1. The van der Waals surface area contributed by atoms with Crippen LogP contribution >= 0.6 is 0 Å². The van der Waals surface area contributed by atoms with E-state index in [-0.39, 0.29) is 23.3 Å². The molecule has 1 aromatic heterocycles. The Morgan fingerprint density at radius 3 is 1.94 bits per heavy atom. The minimum atomic E-state index is -0.955. The molecule has 8 nitrogen and oxygen atoms in total. The van der Waals surface area contributed by atoms with Crippen LogP contribution in [-0.4, -0.2) is 34.2 Å². The topological polar surface area (TPSA) is 143 Å². The molecule has 174 valence electrons. The van der Waals surface area contributed by atoms with E-state index in [9.17, 15) is 24.6 Å². The van der Waals surface area contributed by atoms with E-state index in [1.165, 1.54) is 0 Å². The predicted octanol–water partition coefficient (Wildman–Crippen LogP) is 3.18. The molecule has 2 aromatic rings. The SMILES string of the molecule is COC(=O)c1c[nH]c(=O)c(C(CC(N)=O)c2cc(C(C)(C)C)c(O)c(C(C)(C)C)c2)c1O. The summed E-state index contributed by atoms with van der Waals surface area (Å²) in [6.45, 7) is 11.6. The van der Waals surface area contributed by atoms with Crippen molar-refractivity contribution in [3.63, 3.8) is 0 Å². The number of hydrogen-bond acceptors (Lipinski definition) is 6. The van der Waals surface area contributed by atoms with Crippen molar-refractivity contribution in [1.82, 2.24) is 4.98 Å². The van der Waals surface area contributed by atoms with Gasteiger partial charge in [-0.3, -0.25) is 9.59 Å². The zero-order valence-corrected chi connectivity index (χ0v) is 19.6. The highest BCUT2D eigenvalue weighted by molar-refractivity contribution is 5.92. The van der Waals surface area contributed by atoms with Crippen molar-refractivity contribution in [2.24, 2.45) is 5.73 Å². The lowest BCUT2D eigenvalue weighted by Gasteiger charge is -2.30. The number of rotatable bonds is 5. The fourth-order valence-corrected chi connectivity index (χ4v) is 3.71. The number of esters is 1. The number of ether oxygens (including phenoxy) is 1. The van der Waals surface area contributed by atoms with Crippen molar-refractivity contribution in [2.45, 2.75) is 64.7 Å². The fourth-order valence-electron chi connectivity index (χ4n) is 3.71. The van der Waals surface area contributed by atoms with Gasteiger partial charge in [0, 0.05) is 18.5 Å². The Hall–Kier alpha value is -3.29. The van der Waals surface area contributed by atoms with Crippen LogP contribution in [0.2, 0.25) is 0 Å². The summed E-state index contributed by atoms with van der Waals surface area (Å²) in [6.07, 6.45) is 0.769. The van der Waals surface area contributed by atoms with E-state index in [0.717, 1.165) is 13.3 Å². The summed E-state index contributed by atoms with van der Waals surface area (Å²) < 4.78 is 4.68. The third-order valence-electron chi connectivity index (χ3n) is 5.41. The van der Waals surface area contributed by atoms with Gasteiger partial charge in [-0.15, -0.1) is 0 Å². The van der Waals surface area contributed by atoms with Gasteiger partial charge in [-0.25, -0.2) is 4.79 Å². The Balaban J connectivity index is 2.94. The molecule has 8 heteroatoms. The number of primary amides is 1. The molecule has 0 fully saturated rings. The standard InChI is InChI=1S/C24H32N2O6/c1-23(2,3)15-8-12(9-16(20(15)29)24(4,5)6)13(10-17(25)27)18-19(28)14(22(31)32-7)11-26-21(18)30/h8-9,11,13,29H,10H2,1-7H3,(H2,25,27)(H2,26,28,30). The lowest BCUT2D eigenvalue weighted by Crippen LogP contribution is -2.25. The Labute approximate surface area is 187 Å². The zero-order valence-electron chi connectivity index (χ0n) is 19.6. The van der Waals surface area contributed by atoms with Gasteiger partial charge in [0.25, 0.3) is 5.56 Å². The summed E-state index contributed by atoms with van der Waals surface area (Å²) in [4.78, 5) is 39.2. The van der Waals surface area contributed by atoms with E-state index < -0.39 is 39.9 Å². The largest absolute Gasteiger partial charge is 0.507 e. The number of aromatic amines is 1. The van der Waals surface area contributed by atoms with Crippen LogP contribution in [-0.2, 0) is 20.4 Å². The van der Waals surface area contributed by atoms with E-state index in [4.69, 9.17) is 5.73 Å². The molecule has 1 aromatic carbocycles. The van der Waals surface area contributed by atoms with Gasteiger partial charge in [0.05, 0.1) is 12.7 Å². The van der Waals surface area contributed by atoms with Gasteiger partial charge in [-0.05, 0) is 27.5 Å². The first-order chi connectivity index (χ1) is 14.6. The van der Waals surface area contributed by atoms with Gasteiger partial charge >= 0.3 is 5.97 Å². The number of carbonyl (C=O) groups excluding carboxylic acids is 2. The van der Waals surface area contributed by atoms with Gasteiger partial charge in [-0.1, -0.05) is 53.7 Å². The quantitative estimate of drug-likeness (QED) is 0.522. The molecule has 2 rings (SSSR count). The van der Waals surface area contributed by atoms with Crippen LogP contribution in [0.15, 0.2) is 23.1 Å². The molecule has 0 aliphatic carbocycles. The van der Waals surface area contributed by atoms with Crippen molar-refractivity contribution in [3.05, 3.63) is 56.5 Å². The van der Waals surface area contributed by atoms with Crippen LogP contribution < -0.4 is 11.3 Å². The Bertz CT molecular complexity index is 1070. The third kappa shape index (κ3) is 4.95. The van der Waals surface area contributed by atoms with Crippen molar-refractivity contribution < 1.29 is 24.5 Å². The zero-order chi connectivity index (χ0) is 24.6. The highest BCUT2D eigenvalue weighted by atomic mass is 16.5. The molecule has 0 bridgehead atoms. The van der Waals surface area contributed by atoms with Gasteiger partial charge in [0.15, 0.2) is 0 Å². The van der Waals surface area contributed by atoms with Crippen LogP contribution in [0.25, 0.3) is 0 Å². The molecular formula is C24H32N2O6. The second kappa shape index (κ2) is 8.68. The lowest BCUT2D eigenvalue weighted by molar-refractivity contribution is -0.118.